The number of hydrogen-bond donors (Lipinski definition) is 1. The Hall–Kier alpha value is -0.530. The summed E-state index contributed by atoms with van der Waals surface area (Å²) < 4.78 is 23.7. The second-order valence-electron chi connectivity index (χ2n) is 12.3. The fourth-order valence-electron chi connectivity index (χ4n) is 2.48. The van der Waals surface area contributed by atoms with Crippen molar-refractivity contribution in [1.82, 2.24) is 5.32 Å². The van der Waals surface area contributed by atoms with Crippen LogP contribution in [0.1, 0.15) is 137 Å². The number of carbonyl (C=O) groups is 1. The van der Waals surface area contributed by atoms with Crippen molar-refractivity contribution in [3.05, 3.63) is 0 Å². The van der Waals surface area contributed by atoms with Gasteiger partial charge in [0.25, 0.3) is 0 Å². The molecule has 240 valence electrons. The Morgan fingerprint density at radius 1 is 0.718 bits per heavy atom. The number of ether oxygens (including phenoxy) is 4. The minimum atomic E-state index is -0.322. The molecule has 1 unspecified atom stereocenters. The lowest BCUT2D eigenvalue weighted by molar-refractivity contribution is -0.121. The van der Waals surface area contributed by atoms with Crippen LogP contribution in [0.3, 0.4) is 0 Å². The Labute approximate surface area is 246 Å². The van der Waals surface area contributed by atoms with Crippen LogP contribution in [0, 0.1) is 11.8 Å². The van der Waals surface area contributed by atoms with Gasteiger partial charge in [-0.3, -0.25) is 4.79 Å². The van der Waals surface area contributed by atoms with E-state index in [-0.39, 0.29) is 34.5 Å². The highest BCUT2D eigenvalue weighted by atomic mass is 16.5. The maximum atomic E-state index is 12.1. The summed E-state index contributed by atoms with van der Waals surface area (Å²) in [5, 5.41) is 3.33. The van der Waals surface area contributed by atoms with Crippen molar-refractivity contribution in [3.63, 3.8) is 0 Å². The highest BCUT2D eigenvalue weighted by molar-refractivity contribution is 5.82. The number of Topliss-reactive ketones (excluding diaryl/α,β-unsaturated/α-hetero) is 1. The van der Waals surface area contributed by atoms with Crippen molar-refractivity contribution in [2.45, 2.75) is 160 Å². The minimum absolute atomic E-state index is 0.00797. The third-order valence-electron chi connectivity index (χ3n) is 5.67. The van der Waals surface area contributed by atoms with E-state index in [0.717, 1.165) is 18.8 Å². The zero-order chi connectivity index (χ0) is 31.7. The van der Waals surface area contributed by atoms with Crippen molar-refractivity contribution in [1.29, 1.82) is 0 Å². The first-order chi connectivity index (χ1) is 17.9. The molecule has 0 aliphatic rings. The summed E-state index contributed by atoms with van der Waals surface area (Å²) in [5.41, 5.74) is -0.775. The molecule has 0 aliphatic heterocycles. The average Bonchev–Trinajstić information content (AvgIpc) is 2.85. The van der Waals surface area contributed by atoms with Gasteiger partial charge in [-0.15, -0.1) is 0 Å². The van der Waals surface area contributed by atoms with E-state index < -0.39 is 0 Å². The molecule has 0 fully saturated rings. The van der Waals surface area contributed by atoms with Crippen molar-refractivity contribution in [3.8, 4) is 0 Å². The Bertz CT molecular complexity index is 525. The third-order valence-corrected chi connectivity index (χ3v) is 5.67. The maximum absolute atomic E-state index is 12.1. The van der Waals surface area contributed by atoms with Crippen LogP contribution in [0.25, 0.3) is 0 Å². The molecule has 6 nitrogen and oxygen atoms in total. The van der Waals surface area contributed by atoms with E-state index in [0.29, 0.717) is 39.6 Å². The van der Waals surface area contributed by atoms with Crippen LogP contribution in [0.5, 0.6) is 0 Å². The molecule has 0 rings (SSSR count). The molecule has 0 heterocycles. The summed E-state index contributed by atoms with van der Waals surface area (Å²) >= 11 is 0. The highest BCUT2D eigenvalue weighted by Gasteiger charge is 2.25. The van der Waals surface area contributed by atoms with Gasteiger partial charge in [-0.1, -0.05) is 68.7 Å². The molecule has 39 heavy (non-hydrogen) atoms. The van der Waals surface area contributed by atoms with E-state index in [1.807, 2.05) is 48.5 Å². The van der Waals surface area contributed by atoms with Crippen molar-refractivity contribution >= 4 is 5.78 Å². The zero-order valence-electron chi connectivity index (χ0n) is 29.6. The maximum Gasteiger partial charge on any atom is 0.149 e. The molecule has 0 amide bonds. The van der Waals surface area contributed by atoms with Gasteiger partial charge in [-0.25, -0.2) is 0 Å². The van der Waals surface area contributed by atoms with E-state index in [2.05, 4.69) is 74.6 Å². The summed E-state index contributed by atoms with van der Waals surface area (Å²) in [4.78, 5) is 12.1. The molecule has 0 saturated heterocycles. The fourth-order valence-corrected chi connectivity index (χ4v) is 2.48. The zero-order valence-corrected chi connectivity index (χ0v) is 29.6. The minimum Gasteiger partial charge on any atom is -0.382 e. The Balaban J connectivity index is -0.000000594. The molecule has 0 aromatic heterocycles. The lowest BCUT2D eigenvalue weighted by Gasteiger charge is -2.32. The van der Waals surface area contributed by atoms with Gasteiger partial charge >= 0.3 is 0 Å². The largest absolute Gasteiger partial charge is 0.382 e. The van der Waals surface area contributed by atoms with E-state index in [1.165, 1.54) is 6.42 Å². The average molecular weight is 564 g/mol. The standard InChI is InChI=1S/C24H49NO5.C5H12.2C2H6/c1-11-27-14-12-23(7,8)29-17-20(25-16-21(26)19(2)3)18-30-24(9,10)13-15-28-22(4,5)6;1-4-5(2)3;2*1-2/h19-20,25H,11-18H2,1-10H3;5H,4H2,1-3H3;2*1-2H3. The third kappa shape index (κ3) is 35.4. The van der Waals surface area contributed by atoms with E-state index >= 15 is 0 Å². The lowest BCUT2D eigenvalue weighted by Crippen LogP contribution is -2.45. The predicted molar refractivity (Wildman–Crippen MR) is 171 cm³/mol. The van der Waals surface area contributed by atoms with E-state index in [9.17, 15) is 4.79 Å². The van der Waals surface area contributed by atoms with Gasteiger partial charge in [0.05, 0.1) is 42.6 Å². The number of nitrogens with one attached hydrogen (secondary N) is 1. The number of ketones is 1. The van der Waals surface area contributed by atoms with E-state index in [1.54, 1.807) is 0 Å². The number of carbonyl (C=O) groups excluding carboxylic acids is 1. The number of hydrogen-bond acceptors (Lipinski definition) is 6. The van der Waals surface area contributed by atoms with Crippen LogP contribution in [0.2, 0.25) is 0 Å². The van der Waals surface area contributed by atoms with Crippen molar-refractivity contribution < 1.29 is 23.7 Å². The summed E-state index contributed by atoms with van der Waals surface area (Å²) in [6.07, 6.45) is 2.91. The molecule has 0 aromatic rings. The molecular formula is C33H73NO5. The fraction of sp³-hybridized carbons (Fsp3) is 0.970. The predicted octanol–water partition coefficient (Wildman–Crippen LogP) is 8.50. The first-order valence-electron chi connectivity index (χ1n) is 15.7. The van der Waals surface area contributed by atoms with Crippen molar-refractivity contribution in [2.24, 2.45) is 11.8 Å². The quantitative estimate of drug-likeness (QED) is 0.169. The van der Waals surface area contributed by atoms with Crippen LogP contribution in [-0.4, -0.2) is 68.2 Å². The SMILES string of the molecule is CC.CC.CCC(C)C.CCOCCC(C)(C)OCC(COC(C)(C)CCOC(C)(C)C)NCC(=O)C(C)C. The highest BCUT2D eigenvalue weighted by Crippen LogP contribution is 2.19. The normalized spacial score (nSPS) is 12.6. The first kappa shape index (κ1) is 45.5. The molecule has 0 spiro atoms. The van der Waals surface area contributed by atoms with Gasteiger partial charge < -0.3 is 24.3 Å². The molecule has 0 aromatic carbocycles. The van der Waals surface area contributed by atoms with Crippen LogP contribution in [-0.2, 0) is 23.7 Å². The Morgan fingerprint density at radius 3 is 1.46 bits per heavy atom. The van der Waals surface area contributed by atoms with Crippen LogP contribution >= 0.6 is 0 Å². The van der Waals surface area contributed by atoms with Crippen LogP contribution < -0.4 is 5.32 Å². The molecular weight excluding hydrogens is 490 g/mol. The monoisotopic (exact) mass is 564 g/mol. The molecule has 0 bridgehead atoms. The second kappa shape index (κ2) is 26.4. The second-order valence-corrected chi connectivity index (χ2v) is 12.3. The van der Waals surface area contributed by atoms with Gasteiger partial charge in [-0.05, 0) is 74.1 Å². The summed E-state index contributed by atoms with van der Waals surface area (Å²) in [7, 11) is 0. The lowest BCUT2D eigenvalue weighted by atomic mass is 10.0. The van der Waals surface area contributed by atoms with Crippen molar-refractivity contribution in [2.75, 3.05) is 39.6 Å². The van der Waals surface area contributed by atoms with Crippen LogP contribution in [0.15, 0.2) is 0 Å². The molecule has 6 heteroatoms. The molecule has 0 aliphatic carbocycles. The molecule has 1 N–H and O–H groups in total. The van der Waals surface area contributed by atoms with Crippen LogP contribution in [0.4, 0.5) is 0 Å². The van der Waals surface area contributed by atoms with Gasteiger partial charge in [0, 0.05) is 25.7 Å². The van der Waals surface area contributed by atoms with Gasteiger partial charge in [0.15, 0.2) is 0 Å². The van der Waals surface area contributed by atoms with Gasteiger partial charge in [0.2, 0.25) is 0 Å². The molecule has 0 radical (unpaired) electrons. The summed E-state index contributed by atoms with van der Waals surface area (Å²) in [6, 6.07) is -0.0677. The molecule has 1 atom stereocenters. The Morgan fingerprint density at radius 2 is 1.13 bits per heavy atom. The summed E-state index contributed by atoms with van der Waals surface area (Å²) in [5.74, 6) is 1.08. The summed E-state index contributed by atoms with van der Waals surface area (Å²) in [6.45, 7) is 38.2. The Kier molecular flexibility index (Phi) is 30.7. The van der Waals surface area contributed by atoms with Gasteiger partial charge in [0.1, 0.15) is 5.78 Å². The van der Waals surface area contributed by atoms with Gasteiger partial charge in [-0.2, -0.15) is 0 Å². The molecule has 0 saturated carbocycles. The van der Waals surface area contributed by atoms with E-state index in [4.69, 9.17) is 18.9 Å². The smallest absolute Gasteiger partial charge is 0.149 e. The topological polar surface area (TPSA) is 66.0 Å². The first-order valence-corrected chi connectivity index (χ1v) is 15.7. The number of rotatable bonds is 18.